The number of H-pyrrole nitrogens is 1. The number of sulfonamides is 2. The van der Waals surface area contributed by atoms with Crippen molar-refractivity contribution in [2.75, 3.05) is 32.9 Å². The lowest BCUT2D eigenvalue weighted by molar-refractivity contribution is -0.141. The Morgan fingerprint density at radius 3 is 2.14 bits per heavy atom. The largest absolute Gasteiger partial charge is 0.435 e. The van der Waals surface area contributed by atoms with Gasteiger partial charge in [0.05, 0.1) is 28.4 Å². The summed E-state index contributed by atoms with van der Waals surface area (Å²) in [5, 5.41) is 9.95. The lowest BCUT2D eigenvalue weighted by Crippen LogP contribution is -2.37. The summed E-state index contributed by atoms with van der Waals surface area (Å²) in [6.07, 6.45) is 1.95. The number of aromatic amines is 1. The third-order valence-corrected chi connectivity index (χ3v) is 13.3. The van der Waals surface area contributed by atoms with Gasteiger partial charge >= 0.3 is 11.9 Å². The number of imidazole rings is 1. The number of hydrogen-bond acceptors (Lipinski definition) is 9. The van der Waals surface area contributed by atoms with E-state index in [4.69, 9.17) is 5.14 Å². The monoisotopic (exact) mass is 910 g/mol. The molecule has 5 heterocycles. The van der Waals surface area contributed by atoms with Gasteiger partial charge in [-0.15, -0.1) is 0 Å². The molecule has 0 spiro atoms. The number of likely N-dealkylation sites (tertiary alicyclic amines) is 1. The van der Waals surface area contributed by atoms with Crippen LogP contribution in [0.4, 0.5) is 13.2 Å². The summed E-state index contributed by atoms with van der Waals surface area (Å²) in [5.41, 5.74) is 4.77. The first-order chi connectivity index (χ1) is 29.6. The second-order valence-corrected chi connectivity index (χ2v) is 19.0. The number of halogens is 3. The number of benzene rings is 3. The van der Waals surface area contributed by atoms with Crippen LogP contribution >= 0.6 is 0 Å². The van der Waals surface area contributed by atoms with E-state index in [2.05, 4.69) is 50.1 Å². The Bertz CT molecular complexity index is 3090. The van der Waals surface area contributed by atoms with Crippen molar-refractivity contribution in [1.29, 1.82) is 0 Å². The van der Waals surface area contributed by atoms with Gasteiger partial charge in [0.2, 0.25) is 20.0 Å². The molecule has 1 aliphatic heterocycles. The molecule has 1 aliphatic rings. The van der Waals surface area contributed by atoms with E-state index in [1.807, 2.05) is 13.0 Å². The third-order valence-electron chi connectivity index (χ3n) is 11.0. The molecule has 4 N–H and O–H groups in total. The number of primary sulfonamides is 1. The molecule has 336 valence electrons. The highest BCUT2D eigenvalue weighted by atomic mass is 32.2. The Kier molecular flexibility index (Phi) is 13.7. The highest BCUT2D eigenvalue weighted by molar-refractivity contribution is 7.89. The number of aryl methyl sites for hydroxylation is 4. The quantitative estimate of drug-likeness (QED) is 0.195. The van der Waals surface area contributed by atoms with Gasteiger partial charge in [-0.2, -0.15) is 18.3 Å². The molecule has 0 unspecified atom stereocenters. The van der Waals surface area contributed by atoms with Gasteiger partial charge < -0.3 is 14.5 Å². The molecular weight excluding hydrogens is 862 g/mol. The van der Waals surface area contributed by atoms with Gasteiger partial charge in [0.15, 0.2) is 16.9 Å². The van der Waals surface area contributed by atoms with E-state index in [1.54, 1.807) is 42.9 Å². The Balaban J connectivity index is 0.000000164. The topological polar surface area (TPSA) is 205 Å². The summed E-state index contributed by atoms with van der Waals surface area (Å²) in [4.78, 5) is 32.8. The van der Waals surface area contributed by atoms with Crippen LogP contribution in [0, 0.1) is 6.92 Å². The summed E-state index contributed by atoms with van der Waals surface area (Å²) in [7, 11) is 1.35. The fourth-order valence-electron chi connectivity index (χ4n) is 7.25. The number of fused-ring (bicyclic) bond motifs is 2. The number of nitrogens with zero attached hydrogens (tertiary/aromatic N) is 7. The van der Waals surface area contributed by atoms with Crippen molar-refractivity contribution < 1.29 is 30.0 Å². The molecule has 4 aromatic heterocycles. The lowest BCUT2D eigenvalue weighted by atomic mass is 9.89. The number of nitrogens with one attached hydrogen (secondary N) is 2. The number of nitrogens with two attached hydrogens (primary N) is 1. The molecule has 1 fully saturated rings. The molecule has 7 aromatic rings. The fraction of sp³-hybridized carbons (Fsp3) is 0.333. The van der Waals surface area contributed by atoms with E-state index < -0.39 is 31.9 Å². The smallest absolute Gasteiger partial charge is 0.361 e. The van der Waals surface area contributed by atoms with Crippen molar-refractivity contribution in [3.63, 3.8) is 0 Å². The number of alkyl halides is 3. The zero-order valence-corrected chi connectivity index (χ0v) is 37.1. The second kappa shape index (κ2) is 18.5. The summed E-state index contributed by atoms with van der Waals surface area (Å²) in [6.45, 7) is 4.14. The van der Waals surface area contributed by atoms with Gasteiger partial charge in [0.1, 0.15) is 0 Å². The normalized spacial score (nSPS) is 14.1. The Labute approximate surface area is 361 Å². The van der Waals surface area contributed by atoms with Crippen molar-refractivity contribution in [3.8, 4) is 16.9 Å². The molecule has 21 heteroatoms. The van der Waals surface area contributed by atoms with E-state index in [0.29, 0.717) is 29.1 Å². The molecule has 0 aliphatic carbocycles. The van der Waals surface area contributed by atoms with E-state index in [9.17, 15) is 39.6 Å². The maximum Gasteiger partial charge on any atom is 0.435 e. The lowest BCUT2D eigenvalue weighted by Gasteiger charge is -2.28. The fourth-order valence-corrected chi connectivity index (χ4v) is 8.48. The van der Waals surface area contributed by atoms with Crippen LogP contribution in [-0.4, -0.2) is 88.1 Å². The molecule has 63 heavy (non-hydrogen) atoms. The average Bonchev–Trinajstić information content (AvgIpc) is 4.00. The Morgan fingerprint density at radius 2 is 1.54 bits per heavy atom. The minimum Gasteiger partial charge on any atom is -0.361 e. The molecule has 0 radical (unpaired) electrons. The van der Waals surface area contributed by atoms with Gasteiger partial charge in [-0.05, 0) is 113 Å². The van der Waals surface area contributed by atoms with Crippen LogP contribution in [0.2, 0.25) is 0 Å². The molecule has 0 bridgehead atoms. The van der Waals surface area contributed by atoms with Gasteiger partial charge in [-0.1, -0.05) is 35.9 Å². The van der Waals surface area contributed by atoms with Crippen LogP contribution in [0.1, 0.15) is 41.1 Å². The Hall–Kier alpha value is -5.87. The predicted molar refractivity (Wildman–Crippen MR) is 236 cm³/mol. The first-order valence-electron chi connectivity index (χ1n) is 19.7. The molecule has 0 amide bonds. The van der Waals surface area contributed by atoms with E-state index in [1.165, 1.54) is 73.0 Å². The molecule has 8 rings (SSSR count). The van der Waals surface area contributed by atoms with Crippen LogP contribution in [-0.2, 0) is 53.8 Å². The van der Waals surface area contributed by atoms with Crippen molar-refractivity contribution in [2.45, 2.75) is 43.2 Å². The van der Waals surface area contributed by atoms with Crippen LogP contribution in [0.5, 0.6) is 0 Å². The third kappa shape index (κ3) is 10.7. The van der Waals surface area contributed by atoms with Crippen LogP contribution < -0.4 is 21.1 Å². The number of aromatic nitrogens is 7. The maximum absolute atomic E-state index is 13.1. The van der Waals surface area contributed by atoms with Crippen molar-refractivity contribution in [1.82, 2.24) is 43.1 Å². The zero-order chi connectivity index (χ0) is 46.0. The molecule has 1 saturated heterocycles. The maximum atomic E-state index is 13.1. The standard InChI is InChI=1S/C17H14F3N3O2S.C17H25N3O2S.C8H10N4O2/c1-11-2-4-12(5-3-11)15-10-16(17(18,19)20)22-23(15)13-6-8-14(9-7-13)26(21,24)25;1-18-23(21,22)10-7-13-3-4-17-15(11-13)16(12-19-17)14-5-8-20(2)9-6-14;1-10-4-9-6-5(10)7(13)12(3)8(14)11(6)2/h2-10H,1H3,(H2,21,24,25);3-4,11-12,14,18-19H,5-10H2,1-2H3;4H,1-3H3. The van der Waals surface area contributed by atoms with Gasteiger partial charge in [-0.3, -0.25) is 13.9 Å². The summed E-state index contributed by atoms with van der Waals surface area (Å²) < 4.78 is 92.8. The van der Waals surface area contributed by atoms with Crippen LogP contribution in [0.15, 0.2) is 99.8 Å². The predicted octanol–water partition coefficient (Wildman–Crippen LogP) is 4.55. The van der Waals surface area contributed by atoms with Crippen molar-refractivity contribution in [3.05, 3.63) is 129 Å². The SMILES string of the molecule is CNS(=O)(=O)CCc1ccc2[nH]cc(C3CCN(C)CC3)c2c1.Cc1ccc(-c2cc(C(F)(F)F)nn2-c2ccc(S(N)(=O)=O)cc2)cc1.Cn1c(=O)c2c(ncn2C)n(C)c1=O. The zero-order valence-electron chi connectivity index (χ0n) is 35.5. The van der Waals surface area contributed by atoms with Gasteiger partial charge in [0, 0.05) is 43.8 Å². The molecule has 0 saturated carbocycles. The summed E-state index contributed by atoms with van der Waals surface area (Å²) in [5.74, 6) is 0.722. The number of rotatable bonds is 8. The first-order valence-corrected chi connectivity index (χ1v) is 22.9. The molecule has 3 aromatic carbocycles. The number of piperidine rings is 1. The van der Waals surface area contributed by atoms with Crippen molar-refractivity contribution >= 4 is 42.1 Å². The van der Waals surface area contributed by atoms with Gasteiger partial charge in [-0.25, -0.2) is 41.2 Å². The average molecular weight is 911 g/mol. The van der Waals surface area contributed by atoms with E-state index in [-0.39, 0.29) is 33.3 Å². The van der Waals surface area contributed by atoms with Crippen LogP contribution in [0.25, 0.3) is 39.0 Å². The minimum absolute atomic E-state index is 0.128. The van der Waals surface area contributed by atoms with Crippen LogP contribution in [0.3, 0.4) is 0 Å². The second-order valence-electron chi connectivity index (χ2n) is 15.4. The number of hydrogen-bond donors (Lipinski definition) is 3. The Morgan fingerprint density at radius 1 is 0.889 bits per heavy atom. The van der Waals surface area contributed by atoms with E-state index in [0.717, 1.165) is 45.0 Å². The van der Waals surface area contributed by atoms with Crippen molar-refractivity contribution in [2.24, 2.45) is 26.3 Å². The molecule has 0 atom stereocenters. The van der Waals surface area contributed by atoms with E-state index >= 15 is 0 Å². The summed E-state index contributed by atoms with van der Waals surface area (Å²) >= 11 is 0. The highest BCUT2D eigenvalue weighted by Gasteiger charge is 2.35. The first kappa shape index (κ1) is 46.6. The molecular formula is C42H49F3N10O6S2. The minimum atomic E-state index is -4.61. The molecule has 16 nitrogen and oxygen atoms in total. The highest BCUT2D eigenvalue weighted by Crippen LogP contribution is 2.35. The van der Waals surface area contributed by atoms with Gasteiger partial charge in [0.25, 0.3) is 5.56 Å². The summed E-state index contributed by atoms with van der Waals surface area (Å²) in [6, 6.07) is 19.3.